The Morgan fingerprint density at radius 3 is 2.62 bits per heavy atom. The molecule has 2 rings (SSSR count). The summed E-state index contributed by atoms with van der Waals surface area (Å²) in [6.45, 7) is 7.66. The lowest BCUT2D eigenvalue weighted by molar-refractivity contribution is -0.0373. The maximum absolute atomic E-state index is 12.0. The number of carbonyl (C=O) groups excluding carboxylic acids is 1. The van der Waals surface area contributed by atoms with E-state index in [0.29, 0.717) is 25.7 Å². The van der Waals surface area contributed by atoms with Crippen molar-refractivity contribution in [1.29, 1.82) is 0 Å². The zero-order valence-electron chi connectivity index (χ0n) is 10.4. The van der Waals surface area contributed by atoms with Gasteiger partial charge in [0, 0.05) is 6.54 Å². The molecule has 0 spiro atoms. The topological polar surface area (TPSA) is 38.8 Å². The molecule has 0 bridgehead atoms. The first kappa shape index (κ1) is 11.7. The summed E-state index contributed by atoms with van der Waals surface area (Å²) in [4.78, 5) is 13.9. The minimum Gasteiger partial charge on any atom is -0.444 e. The Morgan fingerprint density at radius 2 is 2.06 bits per heavy atom. The summed E-state index contributed by atoms with van der Waals surface area (Å²) in [5.74, 6) is 0.632. The van der Waals surface area contributed by atoms with Gasteiger partial charge in [0.2, 0.25) is 0 Å². The third kappa shape index (κ3) is 2.88. The molecular weight excluding hydrogens is 206 g/mol. The second-order valence-electron chi connectivity index (χ2n) is 5.65. The average molecular weight is 227 g/mol. The predicted octanol–water partition coefficient (Wildman–Crippen LogP) is 2.03. The molecule has 2 fully saturated rings. The molecule has 0 aromatic carbocycles. The standard InChI is InChI=1S/C12H21NO3/c1-12(2,3)16-11(14)13-6-7-15-8-10(13)9-4-5-9/h9-10H,4-8H2,1-3H3. The predicted molar refractivity (Wildman–Crippen MR) is 60.3 cm³/mol. The van der Waals surface area contributed by atoms with Crippen LogP contribution >= 0.6 is 0 Å². The Balaban J connectivity index is 1.96. The average Bonchev–Trinajstić information content (AvgIpc) is 2.98. The number of nitrogens with zero attached hydrogens (tertiary/aromatic N) is 1. The number of amides is 1. The molecule has 1 atom stereocenters. The molecule has 4 nitrogen and oxygen atoms in total. The second-order valence-corrected chi connectivity index (χ2v) is 5.65. The summed E-state index contributed by atoms with van der Waals surface area (Å²) in [7, 11) is 0. The fourth-order valence-electron chi connectivity index (χ4n) is 2.04. The van der Waals surface area contributed by atoms with Crippen LogP contribution in [0.4, 0.5) is 4.79 Å². The number of carbonyl (C=O) groups is 1. The zero-order valence-corrected chi connectivity index (χ0v) is 10.4. The van der Waals surface area contributed by atoms with Crippen molar-refractivity contribution in [3.63, 3.8) is 0 Å². The van der Waals surface area contributed by atoms with E-state index in [2.05, 4.69) is 0 Å². The smallest absolute Gasteiger partial charge is 0.410 e. The minimum absolute atomic E-state index is 0.187. The molecule has 0 N–H and O–H groups in total. The van der Waals surface area contributed by atoms with Crippen molar-refractivity contribution in [2.75, 3.05) is 19.8 Å². The van der Waals surface area contributed by atoms with E-state index < -0.39 is 5.60 Å². The number of rotatable bonds is 1. The van der Waals surface area contributed by atoms with E-state index in [1.807, 2.05) is 25.7 Å². The van der Waals surface area contributed by atoms with E-state index in [-0.39, 0.29) is 12.1 Å². The lowest BCUT2D eigenvalue weighted by atomic mass is 10.1. The van der Waals surface area contributed by atoms with Crippen molar-refractivity contribution in [2.45, 2.75) is 45.3 Å². The number of hydrogen-bond donors (Lipinski definition) is 0. The van der Waals surface area contributed by atoms with Gasteiger partial charge in [-0.1, -0.05) is 0 Å². The van der Waals surface area contributed by atoms with Crippen LogP contribution in [0.25, 0.3) is 0 Å². The SMILES string of the molecule is CC(C)(C)OC(=O)N1CCOCC1C1CC1. The lowest BCUT2D eigenvalue weighted by Crippen LogP contribution is -2.51. The number of hydrogen-bond acceptors (Lipinski definition) is 3. The Morgan fingerprint density at radius 1 is 1.38 bits per heavy atom. The third-order valence-electron chi connectivity index (χ3n) is 2.96. The molecular formula is C12H21NO3. The maximum atomic E-state index is 12.0. The molecule has 1 saturated carbocycles. The highest BCUT2D eigenvalue weighted by Crippen LogP contribution is 2.36. The normalized spacial score (nSPS) is 26.7. The van der Waals surface area contributed by atoms with Gasteiger partial charge in [-0.05, 0) is 39.5 Å². The molecule has 1 unspecified atom stereocenters. The van der Waals surface area contributed by atoms with E-state index in [4.69, 9.17) is 9.47 Å². The van der Waals surface area contributed by atoms with Crippen LogP contribution in [0.15, 0.2) is 0 Å². The molecule has 0 aromatic rings. The molecule has 4 heteroatoms. The van der Waals surface area contributed by atoms with Gasteiger partial charge >= 0.3 is 6.09 Å². The summed E-state index contributed by atoms with van der Waals surface area (Å²) in [6, 6.07) is 0.239. The first-order chi connectivity index (χ1) is 7.47. The monoisotopic (exact) mass is 227 g/mol. The highest BCUT2D eigenvalue weighted by molar-refractivity contribution is 5.68. The van der Waals surface area contributed by atoms with Crippen LogP contribution in [0.1, 0.15) is 33.6 Å². The van der Waals surface area contributed by atoms with E-state index in [1.54, 1.807) is 0 Å². The van der Waals surface area contributed by atoms with Crippen LogP contribution in [0.5, 0.6) is 0 Å². The van der Waals surface area contributed by atoms with Gasteiger partial charge in [0.25, 0.3) is 0 Å². The zero-order chi connectivity index (χ0) is 11.8. The summed E-state index contributed by atoms with van der Waals surface area (Å²) in [5.41, 5.74) is -0.413. The summed E-state index contributed by atoms with van der Waals surface area (Å²) < 4.78 is 10.9. The van der Waals surface area contributed by atoms with Crippen molar-refractivity contribution in [1.82, 2.24) is 4.90 Å². The van der Waals surface area contributed by atoms with Crippen LogP contribution in [0.2, 0.25) is 0 Å². The molecule has 92 valence electrons. The summed E-state index contributed by atoms with van der Waals surface area (Å²) >= 11 is 0. The Labute approximate surface area is 96.9 Å². The van der Waals surface area contributed by atoms with Crippen molar-refractivity contribution in [3.05, 3.63) is 0 Å². The lowest BCUT2D eigenvalue weighted by Gasteiger charge is -2.36. The van der Waals surface area contributed by atoms with Crippen LogP contribution in [0, 0.1) is 5.92 Å². The summed E-state index contributed by atoms with van der Waals surface area (Å²) in [5, 5.41) is 0. The van der Waals surface area contributed by atoms with Gasteiger partial charge < -0.3 is 14.4 Å². The number of morpholine rings is 1. The van der Waals surface area contributed by atoms with Gasteiger partial charge in [0.05, 0.1) is 19.3 Å². The van der Waals surface area contributed by atoms with E-state index >= 15 is 0 Å². The van der Waals surface area contributed by atoms with Crippen molar-refractivity contribution >= 4 is 6.09 Å². The quantitative estimate of drug-likeness (QED) is 0.688. The minimum atomic E-state index is -0.413. The Hall–Kier alpha value is -0.770. The maximum Gasteiger partial charge on any atom is 0.410 e. The van der Waals surface area contributed by atoms with E-state index in [9.17, 15) is 4.79 Å². The largest absolute Gasteiger partial charge is 0.444 e. The Bertz CT molecular complexity index is 268. The van der Waals surface area contributed by atoms with Gasteiger partial charge in [0.1, 0.15) is 5.60 Å². The molecule has 1 aliphatic heterocycles. The molecule has 1 aliphatic carbocycles. The van der Waals surface area contributed by atoms with Gasteiger partial charge in [-0.3, -0.25) is 0 Å². The Kier molecular flexibility index (Phi) is 3.10. The molecule has 1 amide bonds. The second kappa shape index (κ2) is 4.24. The summed E-state index contributed by atoms with van der Waals surface area (Å²) in [6.07, 6.45) is 2.24. The van der Waals surface area contributed by atoms with Crippen LogP contribution < -0.4 is 0 Å². The molecule has 0 radical (unpaired) electrons. The van der Waals surface area contributed by atoms with Crippen LogP contribution in [-0.4, -0.2) is 42.4 Å². The van der Waals surface area contributed by atoms with Crippen molar-refractivity contribution < 1.29 is 14.3 Å². The molecule has 1 saturated heterocycles. The highest BCUT2D eigenvalue weighted by atomic mass is 16.6. The van der Waals surface area contributed by atoms with Gasteiger partial charge in [-0.2, -0.15) is 0 Å². The van der Waals surface area contributed by atoms with Crippen molar-refractivity contribution in [2.24, 2.45) is 5.92 Å². The van der Waals surface area contributed by atoms with E-state index in [1.165, 1.54) is 12.8 Å². The highest BCUT2D eigenvalue weighted by Gasteiger charge is 2.40. The first-order valence-electron chi connectivity index (χ1n) is 6.05. The molecule has 1 heterocycles. The van der Waals surface area contributed by atoms with Crippen LogP contribution in [-0.2, 0) is 9.47 Å². The fourth-order valence-corrected chi connectivity index (χ4v) is 2.04. The van der Waals surface area contributed by atoms with E-state index in [0.717, 1.165) is 0 Å². The number of ether oxygens (including phenoxy) is 2. The molecule has 16 heavy (non-hydrogen) atoms. The first-order valence-corrected chi connectivity index (χ1v) is 6.05. The van der Waals surface area contributed by atoms with Crippen LogP contribution in [0.3, 0.4) is 0 Å². The van der Waals surface area contributed by atoms with Gasteiger partial charge in [-0.25, -0.2) is 4.79 Å². The van der Waals surface area contributed by atoms with Gasteiger partial charge in [0.15, 0.2) is 0 Å². The fraction of sp³-hybridized carbons (Fsp3) is 0.917. The molecule has 0 aromatic heterocycles. The van der Waals surface area contributed by atoms with Crippen molar-refractivity contribution in [3.8, 4) is 0 Å². The van der Waals surface area contributed by atoms with Gasteiger partial charge in [-0.15, -0.1) is 0 Å². The third-order valence-corrected chi connectivity index (χ3v) is 2.96. The molecule has 2 aliphatic rings.